The Bertz CT molecular complexity index is 1180. The van der Waals surface area contributed by atoms with Crippen molar-refractivity contribution in [3.8, 4) is 0 Å². The van der Waals surface area contributed by atoms with E-state index in [-0.39, 0.29) is 55.2 Å². The highest BCUT2D eigenvalue weighted by molar-refractivity contribution is 5.85. The molecule has 0 aromatic carbocycles. The zero-order chi connectivity index (χ0) is 39.8. The summed E-state index contributed by atoms with van der Waals surface area (Å²) in [5, 5.41) is 7.99. The van der Waals surface area contributed by atoms with Crippen LogP contribution in [0.15, 0.2) is 0 Å². The van der Waals surface area contributed by atoms with Crippen LogP contribution in [-0.4, -0.2) is 148 Å². The smallest absolute Gasteiger partial charge is 0.407 e. The van der Waals surface area contributed by atoms with E-state index in [1.165, 1.54) is 21.3 Å². The van der Waals surface area contributed by atoms with E-state index >= 15 is 0 Å². The second kappa shape index (κ2) is 22.4. The Morgan fingerprint density at radius 3 is 2.12 bits per heavy atom. The summed E-state index contributed by atoms with van der Waals surface area (Å²) in [7, 11) is 5.90. The number of nitrogens with zero attached hydrogens (tertiary/aromatic N) is 3. The van der Waals surface area contributed by atoms with E-state index in [0.717, 1.165) is 6.42 Å². The first-order valence-electron chi connectivity index (χ1n) is 18.3. The number of carbonyl (C=O) groups excluding carboxylic acids is 6. The number of nitrogens with one attached hydrogen (secondary N) is 3. The molecule has 16 nitrogen and oxygen atoms in total. The summed E-state index contributed by atoms with van der Waals surface area (Å²) in [6.45, 7) is 15.4. The van der Waals surface area contributed by atoms with Gasteiger partial charge in [-0.2, -0.15) is 0 Å². The lowest BCUT2D eigenvalue weighted by Crippen LogP contribution is -2.55. The Balaban J connectivity index is 2.95. The molecular weight excluding hydrogens is 676 g/mol. The summed E-state index contributed by atoms with van der Waals surface area (Å²) in [5.74, 6) is -2.19. The lowest BCUT2D eigenvalue weighted by atomic mass is 9.90. The third-order valence-electron chi connectivity index (χ3n) is 9.46. The van der Waals surface area contributed by atoms with Crippen molar-refractivity contribution in [3.05, 3.63) is 0 Å². The molecule has 0 bridgehead atoms. The minimum Gasteiger partial charge on any atom is -0.468 e. The van der Waals surface area contributed by atoms with Crippen LogP contribution in [-0.2, 0) is 38.1 Å². The van der Waals surface area contributed by atoms with Gasteiger partial charge in [0, 0.05) is 46.9 Å². The Hall–Kier alpha value is -3.66. The molecule has 300 valence electrons. The van der Waals surface area contributed by atoms with E-state index in [4.69, 9.17) is 14.2 Å². The lowest BCUT2D eigenvalue weighted by molar-refractivity contribution is -0.146. The van der Waals surface area contributed by atoms with Crippen molar-refractivity contribution in [2.45, 2.75) is 123 Å². The number of hydrogen-bond donors (Lipinski definition) is 3. The van der Waals surface area contributed by atoms with Crippen LogP contribution in [0.2, 0.25) is 0 Å². The van der Waals surface area contributed by atoms with Crippen LogP contribution in [0.5, 0.6) is 0 Å². The maximum Gasteiger partial charge on any atom is 0.407 e. The molecule has 1 aliphatic heterocycles. The van der Waals surface area contributed by atoms with E-state index in [1.54, 1.807) is 49.4 Å². The molecule has 0 radical (unpaired) electrons. The molecule has 0 aromatic heterocycles. The van der Waals surface area contributed by atoms with E-state index in [9.17, 15) is 28.8 Å². The quantitative estimate of drug-likeness (QED) is 0.124. The van der Waals surface area contributed by atoms with Gasteiger partial charge in [0.25, 0.3) is 0 Å². The van der Waals surface area contributed by atoms with Gasteiger partial charge < -0.3 is 49.6 Å². The van der Waals surface area contributed by atoms with Crippen molar-refractivity contribution in [3.63, 3.8) is 0 Å². The molecule has 52 heavy (non-hydrogen) atoms. The van der Waals surface area contributed by atoms with Crippen molar-refractivity contribution in [2.75, 3.05) is 61.1 Å². The van der Waals surface area contributed by atoms with Crippen molar-refractivity contribution < 1.29 is 47.7 Å². The number of likely N-dealkylation sites (N-methyl/N-ethyl adjacent to an activating group) is 1. The molecule has 0 saturated carbocycles. The molecule has 3 N–H and O–H groups in total. The summed E-state index contributed by atoms with van der Waals surface area (Å²) in [5.41, 5.74) is -0.611. The SMILES string of the molecule is CCC(C)C(C(CC(=O)N1CCCC1C(OC)C(C)C(=O)NCC(=O)OC)OC)N(C)C(=O)CNC(=O)N(CCCNC(=O)OC(C)(C)C)C(C)C. The number of methoxy groups -OCH3 is 3. The molecule has 0 spiro atoms. The topological polar surface area (TPSA) is 185 Å². The monoisotopic (exact) mass is 742 g/mol. The fraction of sp³-hybridized carbons (Fsp3) is 0.833. The number of hydrogen-bond acceptors (Lipinski definition) is 10. The van der Waals surface area contributed by atoms with E-state index in [1.807, 2.05) is 27.7 Å². The minimum absolute atomic E-state index is 0.0101. The second-order valence-electron chi connectivity index (χ2n) is 14.7. The predicted molar refractivity (Wildman–Crippen MR) is 195 cm³/mol. The Labute approximate surface area is 310 Å². The molecule has 0 aromatic rings. The first kappa shape index (κ1) is 46.4. The number of ether oxygens (including phenoxy) is 4. The van der Waals surface area contributed by atoms with Crippen molar-refractivity contribution >= 4 is 35.8 Å². The molecule has 6 atom stereocenters. The van der Waals surface area contributed by atoms with Gasteiger partial charge in [-0.15, -0.1) is 0 Å². The predicted octanol–water partition coefficient (Wildman–Crippen LogP) is 2.53. The maximum atomic E-state index is 13.9. The van der Waals surface area contributed by atoms with Crippen LogP contribution in [0, 0.1) is 11.8 Å². The number of amides is 6. The highest BCUT2D eigenvalue weighted by atomic mass is 16.6. The van der Waals surface area contributed by atoms with Crippen LogP contribution >= 0.6 is 0 Å². The summed E-state index contributed by atoms with van der Waals surface area (Å²) in [6, 6.07) is -1.42. The zero-order valence-corrected chi connectivity index (χ0v) is 33.5. The Morgan fingerprint density at radius 1 is 0.923 bits per heavy atom. The molecule has 16 heteroatoms. The van der Waals surface area contributed by atoms with Crippen LogP contribution in [0.1, 0.15) is 87.5 Å². The van der Waals surface area contributed by atoms with Gasteiger partial charge in [0.1, 0.15) is 12.1 Å². The highest BCUT2D eigenvalue weighted by Gasteiger charge is 2.42. The van der Waals surface area contributed by atoms with Crippen LogP contribution < -0.4 is 16.0 Å². The largest absolute Gasteiger partial charge is 0.468 e. The third kappa shape index (κ3) is 14.8. The number of likely N-dealkylation sites (tertiary alicyclic amines) is 1. The average molecular weight is 743 g/mol. The summed E-state index contributed by atoms with van der Waals surface area (Å²) in [6.07, 6.45) is 0.752. The van der Waals surface area contributed by atoms with Gasteiger partial charge in [-0.1, -0.05) is 27.2 Å². The molecule has 0 aliphatic carbocycles. The van der Waals surface area contributed by atoms with Crippen LogP contribution in [0.3, 0.4) is 0 Å². The third-order valence-corrected chi connectivity index (χ3v) is 9.46. The minimum atomic E-state index is -0.654. The Morgan fingerprint density at radius 2 is 1.58 bits per heavy atom. The number of rotatable bonds is 20. The van der Waals surface area contributed by atoms with E-state index in [0.29, 0.717) is 38.9 Å². The average Bonchev–Trinajstić information content (AvgIpc) is 3.57. The molecule has 1 saturated heterocycles. The normalized spacial score (nSPS) is 17.3. The maximum absolute atomic E-state index is 13.9. The molecular formula is C36H66N6O10. The lowest BCUT2D eigenvalue weighted by Gasteiger charge is -2.39. The summed E-state index contributed by atoms with van der Waals surface area (Å²) in [4.78, 5) is 81.8. The van der Waals surface area contributed by atoms with Gasteiger partial charge in [0.05, 0.1) is 50.3 Å². The van der Waals surface area contributed by atoms with Crippen molar-refractivity contribution in [1.82, 2.24) is 30.7 Å². The van der Waals surface area contributed by atoms with E-state index in [2.05, 4.69) is 20.7 Å². The van der Waals surface area contributed by atoms with Gasteiger partial charge >= 0.3 is 18.1 Å². The summed E-state index contributed by atoms with van der Waals surface area (Å²) >= 11 is 0. The molecule has 1 aliphatic rings. The zero-order valence-electron chi connectivity index (χ0n) is 33.5. The van der Waals surface area contributed by atoms with E-state index < -0.39 is 47.9 Å². The number of alkyl carbamates (subject to hydrolysis) is 1. The fourth-order valence-corrected chi connectivity index (χ4v) is 6.44. The number of carbonyl (C=O) groups is 6. The summed E-state index contributed by atoms with van der Waals surface area (Å²) < 4.78 is 21.5. The standard InChI is InChI=1S/C36H66N6O10/c1-13-24(4)31(40(9)29(44)21-39-34(47)41(23(2)3)19-15-17-37-35(48)52-36(6,7)8)27(49-10)20-28(43)42-18-14-16-26(42)32(51-12)25(5)33(46)38-22-30(45)50-11/h23-27,31-32H,13-22H2,1-12H3,(H,37,48)(H,38,46)(H,39,47). The molecule has 1 heterocycles. The van der Waals surface area contributed by atoms with Crippen LogP contribution in [0.25, 0.3) is 0 Å². The first-order chi connectivity index (χ1) is 24.3. The molecule has 6 unspecified atom stereocenters. The fourth-order valence-electron chi connectivity index (χ4n) is 6.44. The highest BCUT2D eigenvalue weighted by Crippen LogP contribution is 2.29. The first-order valence-corrected chi connectivity index (χ1v) is 18.3. The number of urea groups is 1. The molecule has 6 amide bonds. The number of esters is 1. The van der Waals surface area contributed by atoms with Gasteiger partial charge in [0.15, 0.2) is 0 Å². The molecule has 1 rings (SSSR count). The van der Waals surface area contributed by atoms with Gasteiger partial charge in [-0.25, -0.2) is 9.59 Å². The molecule has 1 fully saturated rings. The van der Waals surface area contributed by atoms with Crippen LogP contribution in [0.4, 0.5) is 9.59 Å². The van der Waals surface area contributed by atoms with Gasteiger partial charge in [-0.3, -0.25) is 19.2 Å². The van der Waals surface area contributed by atoms with Gasteiger partial charge in [-0.05, 0) is 59.8 Å². The Kier molecular flexibility index (Phi) is 20.0. The van der Waals surface area contributed by atoms with Crippen molar-refractivity contribution in [2.24, 2.45) is 11.8 Å². The van der Waals surface area contributed by atoms with Crippen molar-refractivity contribution in [1.29, 1.82) is 0 Å². The van der Waals surface area contributed by atoms with Gasteiger partial charge in [0.2, 0.25) is 17.7 Å². The second-order valence-corrected chi connectivity index (χ2v) is 14.7.